The predicted octanol–water partition coefficient (Wildman–Crippen LogP) is 5.05. The van der Waals surface area contributed by atoms with E-state index >= 15 is 0 Å². The van der Waals surface area contributed by atoms with Gasteiger partial charge in [0.25, 0.3) is 0 Å². The minimum absolute atomic E-state index is 0.327. The van der Waals surface area contributed by atoms with E-state index in [-0.39, 0.29) is 0 Å². The van der Waals surface area contributed by atoms with Gasteiger partial charge >= 0.3 is 0 Å². The molecule has 0 nitrogen and oxygen atoms in total. The summed E-state index contributed by atoms with van der Waals surface area (Å²) in [4.78, 5) is 0. The van der Waals surface area contributed by atoms with Crippen molar-refractivity contribution in [2.24, 2.45) is 0 Å². The molecule has 0 saturated carbocycles. The van der Waals surface area contributed by atoms with Crippen LogP contribution < -0.4 is 10.6 Å². The first kappa shape index (κ1) is 14.4. The third-order valence-electron chi connectivity index (χ3n) is 2.24. The van der Waals surface area contributed by atoms with E-state index in [1.807, 2.05) is 22.0 Å². The van der Waals surface area contributed by atoms with Gasteiger partial charge < -0.3 is 0 Å². The van der Waals surface area contributed by atoms with Crippen LogP contribution in [-0.4, -0.2) is 0 Å². The Labute approximate surface area is 128 Å². The monoisotopic (exact) mass is 416 g/mol. The van der Waals surface area contributed by atoms with Crippen molar-refractivity contribution in [2.45, 2.75) is 0 Å². The molecule has 18 heavy (non-hydrogen) atoms. The Kier molecular flexibility index (Phi) is 4.81. The SMILES string of the molecule is Fc1cc(Cl)ccc1P(I)c1ccc(Cl)cc1F. The van der Waals surface area contributed by atoms with Crippen LogP contribution >= 0.6 is 50.8 Å². The van der Waals surface area contributed by atoms with Crippen molar-refractivity contribution in [3.05, 3.63) is 58.1 Å². The summed E-state index contributed by atoms with van der Waals surface area (Å²) in [5, 5.41) is 1.56. The molecule has 0 heterocycles. The Balaban J connectivity index is 2.44. The first-order chi connectivity index (χ1) is 8.49. The van der Waals surface area contributed by atoms with Crippen LogP contribution in [0, 0.1) is 11.6 Å². The van der Waals surface area contributed by atoms with E-state index in [0.29, 0.717) is 20.7 Å². The Morgan fingerprint density at radius 2 is 1.22 bits per heavy atom. The summed E-state index contributed by atoms with van der Waals surface area (Å²) in [7, 11) is 0. The van der Waals surface area contributed by atoms with Crippen LogP contribution in [0.2, 0.25) is 10.0 Å². The highest BCUT2D eigenvalue weighted by Crippen LogP contribution is 2.44. The average molecular weight is 417 g/mol. The lowest BCUT2D eigenvalue weighted by Gasteiger charge is -2.13. The summed E-state index contributed by atoms with van der Waals surface area (Å²) in [6.45, 7) is 0. The normalized spacial score (nSPS) is 11.0. The van der Waals surface area contributed by atoms with Crippen LogP contribution in [0.4, 0.5) is 8.78 Å². The van der Waals surface area contributed by atoms with Gasteiger partial charge in [0.05, 0.1) is 0 Å². The third kappa shape index (κ3) is 3.13. The molecule has 0 aliphatic carbocycles. The van der Waals surface area contributed by atoms with E-state index in [2.05, 4.69) is 0 Å². The van der Waals surface area contributed by atoms with Gasteiger partial charge in [-0.15, -0.1) is 0 Å². The molecule has 0 spiro atoms. The van der Waals surface area contributed by atoms with Crippen molar-refractivity contribution in [2.75, 3.05) is 0 Å². The molecule has 0 atom stereocenters. The van der Waals surface area contributed by atoms with E-state index in [4.69, 9.17) is 23.2 Å². The number of halogens is 5. The van der Waals surface area contributed by atoms with Crippen molar-refractivity contribution in [3.8, 4) is 0 Å². The van der Waals surface area contributed by atoms with Crippen molar-refractivity contribution in [1.29, 1.82) is 0 Å². The molecule has 0 bridgehead atoms. The Bertz CT molecular complexity index is 541. The van der Waals surface area contributed by atoms with E-state index in [1.165, 1.54) is 12.1 Å². The number of rotatable bonds is 2. The van der Waals surface area contributed by atoms with Crippen LogP contribution in [0.3, 0.4) is 0 Å². The molecule has 6 heteroatoms. The highest BCUT2D eigenvalue weighted by Gasteiger charge is 2.18. The van der Waals surface area contributed by atoms with Gasteiger partial charge in [-0.3, -0.25) is 0 Å². The summed E-state index contributed by atoms with van der Waals surface area (Å²) < 4.78 is 27.6. The molecule has 0 aromatic heterocycles. The van der Waals surface area contributed by atoms with Crippen LogP contribution in [0.15, 0.2) is 36.4 Å². The Morgan fingerprint density at radius 3 is 1.56 bits per heavy atom. The molecular weight excluding hydrogens is 411 g/mol. The molecule has 0 fully saturated rings. The third-order valence-corrected chi connectivity index (χ3v) is 7.40. The second-order valence-corrected chi connectivity index (χ2v) is 8.77. The summed E-state index contributed by atoms with van der Waals surface area (Å²) in [5.74, 6) is -0.838. The molecule has 2 aromatic rings. The standard InChI is InChI=1S/C12H6Cl2F2IP/c13-7-1-3-11(9(15)5-7)18(17)12-4-2-8(14)6-10(12)16/h1-6H. The van der Waals surface area contributed by atoms with Gasteiger partial charge in [-0.2, -0.15) is 0 Å². The molecule has 2 aromatic carbocycles. The van der Waals surface area contributed by atoms with E-state index in [0.717, 1.165) is 0 Å². The zero-order valence-corrected chi connectivity index (χ0v) is 13.4. The Hall–Kier alpha value is 0.0400. The fourth-order valence-corrected chi connectivity index (χ4v) is 5.25. The van der Waals surface area contributed by atoms with Gasteiger partial charge in [0.1, 0.15) is 11.6 Å². The second kappa shape index (κ2) is 6.00. The summed E-state index contributed by atoms with van der Waals surface area (Å²) in [5.41, 5.74) is -1.13. The van der Waals surface area contributed by atoms with E-state index < -0.39 is 17.2 Å². The molecule has 0 aliphatic rings. The molecule has 0 N–H and O–H groups in total. The van der Waals surface area contributed by atoms with E-state index in [1.54, 1.807) is 24.3 Å². The zero-order chi connectivity index (χ0) is 13.3. The first-order valence-corrected chi connectivity index (χ1v) is 9.73. The predicted molar refractivity (Wildman–Crippen MR) is 83.0 cm³/mol. The quantitative estimate of drug-likeness (QED) is 0.474. The van der Waals surface area contributed by atoms with Crippen molar-refractivity contribution < 1.29 is 8.78 Å². The van der Waals surface area contributed by atoms with Crippen molar-refractivity contribution in [1.82, 2.24) is 0 Å². The first-order valence-electron chi connectivity index (χ1n) is 4.85. The van der Waals surface area contributed by atoms with Crippen LogP contribution in [0.1, 0.15) is 0 Å². The van der Waals surface area contributed by atoms with Gasteiger partial charge in [-0.1, -0.05) is 23.2 Å². The molecule has 0 aliphatic heterocycles. The number of hydrogen-bond acceptors (Lipinski definition) is 0. The lowest BCUT2D eigenvalue weighted by atomic mass is 10.3. The van der Waals surface area contributed by atoms with Crippen molar-refractivity contribution >= 4 is 61.4 Å². The number of hydrogen-bond donors (Lipinski definition) is 0. The fraction of sp³-hybridized carbons (Fsp3) is 0. The highest BCUT2D eigenvalue weighted by atomic mass is 127. The minimum Gasteiger partial charge on any atom is -0.206 e. The highest BCUT2D eigenvalue weighted by molar-refractivity contribution is 14.2. The summed E-state index contributed by atoms with van der Waals surface area (Å²) in [6, 6.07) is 8.84. The molecule has 0 amide bonds. The molecule has 0 unspecified atom stereocenters. The largest absolute Gasteiger partial charge is 0.206 e. The molecule has 0 radical (unpaired) electrons. The van der Waals surface area contributed by atoms with E-state index in [9.17, 15) is 8.78 Å². The van der Waals surface area contributed by atoms with Gasteiger partial charge in [-0.05, 0) is 58.4 Å². The topological polar surface area (TPSA) is 0 Å². The van der Waals surface area contributed by atoms with Crippen LogP contribution in [-0.2, 0) is 0 Å². The number of benzene rings is 2. The Morgan fingerprint density at radius 1 is 0.833 bits per heavy atom. The second-order valence-electron chi connectivity index (χ2n) is 3.47. The van der Waals surface area contributed by atoms with Crippen molar-refractivity contribution in [3.63, 3.8) is 0 Å². The maximum absolute atomic E-state index is 13.8. The van der Waals surface area contributed by atoms with Gasteiger partial charge in [0.2, 0.25) is 0 Å². The maximum Gasteiger partial charge on any atom is 0.133 e. The van der Waals surface area contributed by atoms with Crippen LogP contribution in [0.25, 0.3) is 0 Å². The summed E-state index contributed by atoms with van der Waals surface area (Å²) in [6.07, 6.45) is 0. The lowest BCUT2D eigenvalue weighted by Crippen LogP contribution is -2.14. The minimum atomic E-state index is -1.13. The smallest absolute Gasteiger partial charge is 0.133 e. The average Bonchev–Trinajstić information content (AvgIpc) is 2.28. The maximum atomic E-state index is 13.8. The summed E-state index contributed by atoms with van der Waals surface area (Å²) >= 11 is 13.4. The lowest BCUT2D eigenvalue weighted by molar-refractivity contribution is 0.635. The van der Waals surface area contributed by atoms with Gasteiger partial charge in [-0.25, -0.2) is 8.78 Å². The zero-order valence-electron chi connectivity index (χ0n) is 8.80. The molecule has 94 valence electrons. The molecule has 0 saturated heterocycles. The van der Waals surface area contributed by atoms with Gasteiger partial charge in [0, 0.05) is 26.2 Å². The molecule has 2 rings (SSSR count). The fourth-order valence-electron chi connectivity index (χ4n) is 1.41. The molecular formula is C12H6Cl2F2IP. The van der Waals surface area contributed by atoms with Crippen LogP contribution in [0.5, 0.6) is 0 Å². The van der Waals surface area contributed by atoms with Gasteiger partial charge in [0.15, 0.2) is 0 Å².